The van der Waals surface area contributed by atoms with Gasteiger partial charge in [0.15, 0.2) is 0 Å². The zero-order chi connectivity index (χ0) is 9.42. The van der Waals surface area contributed by atoms with Crippen LogP contribution < -0.4 is 5.69 Å². The molecule has 0 amide bonds. The standard InChI is InChI=1S/C7H3ClIN3O/c8-6-3-1-10-2-4(9)5(3)11-7(13)12-6/h1-2H,(H,11,12,13). The van der Waals surface area contributed by atoms with Crippen LogP contribution in [0.15, 0.2) is 17.2 Å². The molecule has 13 heavy (non-hydrogen) atoms. The average molecular weight is 307 g/mol. The van der Waals surface area contributed by atoms with E-state index in [0.29, 0.717) is 10.9 Å². The van der Waals surface area contributed by atoms with Crippen molar-refractivity contribution in [2.24, 2.45) is 0 Å². The molecule has 2 rings (SSSR count). The van der Waals surface area contributed by atoms with E-state index in [-0.39, 0.29) is 5.15 Å². The first-order valence-electron chi connectivity index (χ1n) is 3.37. The van der Waals surface area contributed by atoms with Gasteiger partial charge in [-0.3, -0.25) is 9.97 Å². The van der Waals surface area contributed by atoms with Crippen LogP contribution in [0.1, 0.15) is 0 Å². The summed E-state index contributed by atoms with van der Waals surface area (Å²) in [5.41, 5.74) is 0.144. The zero-order valence-electron chi connectivity index (χ0n) is 6.21. The summed E-state index contributed by atoms with van der Waals surface area (Å²) in [5, 5.41) is 0.939. The lowest BCUT2D eigenvalue weighted by Crippen LogP contribution is -2.10. The lowest BCUT2D eigenvalue weighted by Gasteiger charge is -1.98. The Labute approximate surface area is 91.5 Å². The Hall–Kier alpha value is -0.690. The average Bonchev–Trinajstić information content (AvgIpc) is 2.07. The lowest BCUT2D eigenvalue weighted by atomic mass is 10.3. The summed E-state index contributed by atoms with van der Waals surface area (Å²) in [6, 6.07) is 0. The van der Waals surface area contributed by atoms with Gasteiger partial charge in [0.25, 0.3) is 0 Å². The van der Waals surface area contributed by atoms with Crippen molar-refractivity contribution in [1.82, 2.24) is 15.0 Å². The SMILES string of the molecule is O=c1nc2c(I)cncc2c(Cl)[nH]1. The minimum atomic E-state index is -0.443. The third-order valence-corrected chi connectivity index (χ3v) is 2.63. The van der Waals surface area contributed by atoms with Crippen molar-refractivity contribution >= 4 is 45.1 Å². The number of aromatic amines is 1. The molecule has 66 valence electrons. The second-order valence-corrected chi connectivity index (χ2v) is 3.91. The predicted molar refractivity (Wildman–Crippen MR) is 57.9 cm³/mol. The number of rotatable bonds is 0. The molecule has 0 aliphatic carbocycles. The number of halogens is 2. The first kappa shape index (κ1) is 8.89. The number of nitrogens with zero attached hydrogens (tertiary/aromatic N) is 2. The molecule has 0 saturated carbocycles. The van der Waals surface area contributed by atoms with Crippen LogP contribution >= 0.6 is 34.2 Å². The topological polar surface area (TPSA) is 58.6 Å². The third kappa shape index (κ3) is 1.53. The molecule has 0 aliphatic heterocycles. The van der Waals surface area contributed by atoms with E-state index in [1.165, 1.54) is 0 Å². The van der Waals surface area contributed by atoms with Gasteiger partial charge in [0.1, 0.15) is 5.15 Å². The Balaban J connectivity index is 3.03. The fourth-order valence-corrected chi connectivity index (χ4v) is 1.78. The second kappa shape index (κ2) is 3.22. The van der Waals surface area contributed by atoms with Crippen molar-refractivity contribution in [2.45, 2.75) is 0 Å². The fourth-order valence-electron chi connectivity index (χ4n) is 0.993. The van der Waals surface area contributed by atoms with Gasteiger partial charge in [-0.2, -0.15) is 4.98 Å². The lowest BCUT2D eigenvalue weighted by molar-refractivity contribution is 1.11. The number of hydrogen-bond donors (Lipinski definition) is 1. The summed E-state index contributed by atoms with van der Waals surface area (Å²) < 4.78 is 0.808. The molecular formula is C7H3ClIN3O. The smallest absolute Gasteiger partial charge is 0.296 e. The van der Waals surface area contributed by atoms with Gasteiger partial charge in [0, 0.05) is 12.4 Å². The minimum Gasteiger partial charge on any atom is -0.296 e. The Morgan fingerprint density at radius 2 is 2.23 bits per heavy atom. The van der Waals surface area contributed by atoms with Gasteiger partial charge >= 0.3 is 5.69 Å². The third-order valence-electron chi connectivity index (χ3n) is 1.54. The summed E-state index contributed by atoms with van der Waals surface area (Å²) >= 11 is 7.85. The molecule has 2 aromatic rings. The summed E-state index contributed by atoms with van der Waals surface area (Å²) in [6.07, 6.45) is 3.20. The Morgan fingerprint density at radius 1 is 1.46 bits per heavy atom. The van der Waals surface area contributed by atoms with Gasteiger partial charge in [-0.25, -0.2) is 4.79 Å². The Bertz CT molecular complexity index is 525. The van der Waals surface area contributed by atoms with Crippen molar-refractivity contribution in [2.75, 3.05) is 0 Å². The highest BCUT2D eigenvalue weighted by molar-refractivity contribution is 14.1. The molecule has 0 unspecified atom stereocenters. The van der Waals surface area contributed by atoms with E-state index in [2.05, 4.69) is 37.5 Å². The number of aromatic nitrogens is 3. The van der Waals surface area contributed by atoms with Crippen molar-refractivity contribution in [1.29, 1.82) is 0 Å². The van der Waals surface area contributed by atoms with Crippen LogP contribution in [0.4, 0.5) is 0 Å². The highest BCUT2D eigenvalue weighted by Crippen LogP contribution is 2.20. The van der Waals surface area contributed by atoms with Crippen molar-refractivity contribution in [3.8, 4) is 0 Å². The molecule has 0 bridgehead atoms. The molecule has 0 radical (unpaired) electrons. The maximum Gasteiger partial charge on any atom is 0.346 e. The van der Waals surface area contributed by atoms with Crippen molar-refractivity contribution in [3.63, 3.8) is 0 Å². The minimum absolute atomic E-state index is 0.279. The summed E-state index contributed by atoms with van der Waals surface area (Å²) in [7, 11) is 0. The van der Waals surface area contributed by atoms with E-state index >= 15 is 0 Å². The molecule has 0 saturated heterocycles. The highest BCUT2D eigenvalue weighted by atomic mass is 127. The molecule has 0 atom stereocenters. The van der Waals surface area contributed by atoms with Gasteiger partial charge in [-0.15, -0.1) is 0 Å². The fraction of sp³-hybridized carbons (Fsp3) is 0. The number of pyridine rings is 1. The van der Waals surface area contributed by atoms with Crippen LogP contribution in [0.3, 0.4) is 0 Å². The van der Waals surface area contributed by atoms with Gasteiger partial charge < -0.3 is 0 Å². The molecule has 1 N–H and O–H groups in total. The summed E-state index contributed by atoms with van der Waals surface area (Å²) in [6.45, 7) is 0. The van der Waals surface area contributed by atoms with E-state index in [0.717, 1.165) is 3.57 Å². The largest absolute Gasteiger partial charge is 0.346 e. The molecule has 6 heteroatoms. The van der Waals surface area contributed by atoms with Crippen LogP contribution in [0, 0.1) is 3.57 Å². The van der Waals surface area contributed by atoms with Crippen molar-refractivity contribution < 1.29 is 0 Å². The van der Waals surface area contributed by atoms with Crippen LogP contribution in [0.2, 0.25) is 5.15 Å². The predicted octanol–water partition coefficient (Wildman–Crippen LogP) is 1.58. The van der Waals surface area contributed by atoms with Gasteiger partial charge in [0.05, 0.1) is 14.5 Å². The normalized spacial score (nSPS) is 10.6. The van der Waals surface area contributed by atoms with E-state index in [9.17, 15) is 4.79 Å². The molecule has 0 fully saturated rings. The van der Waals surface area contributed by atoms with E-state index in [4.69, 9.17) is 11.6 Å². The van der Waals surface area contributed by atoms with E-state index in [1.807, 2.05) is 0 Å². The molecule has 0 aromatic carbocycles. The van der Waals surface area contributed by atoms with Crippen LogP contribution in [-0.2, 0) is 0 Å². The van der Waals surface area contributed by atoms with Gasteiger partial charge in [-0.1, -0.05) is 11.6 Å². The molecule has 4 nitrogen and oxygen atoms in total. The van der Waals surface area contributed by atoms with Crippen LogP contribution in [0.25, 0.3) is 10.9 Å². The molecular weight excluding hydrogens is 304 g/mol. The summed E-state index contributed by atoms with van der Waals surface area (Å²) in [4.78, 5) is 21.1. The van der Waals surface area contributed by atoms with E-state index in [1.54, 1.807) is 12.4 Å². The number of hydrogen-bond acceptors (Lipinski definition) is 3. The Kier molecular flexibility index (Phi) is 2.20. The van der Waals surface area contributed by atoms with E-state index < -0.39 is 5.69 Å². The first-order chi connectivity index (χ1) is 6.18. The maximum atomic E-state index is 11.0. The molecule has 2 aromatic heterocycles. The van der Waals surface area contributed by atoms with Gasteiger partial charge in [0.2, 0.25) is 0 Å². The molecule has 0 spiro atoms. The van der Waals surface area contributed by atoms with Gasteiger partial charge in [-0.05, 0) is 22.6 Å². The maximum absolute atomic E-state index is 11.0. The number of H-pyrrole nitrogens is 1. The van der Waals surface area contributed by atoms with Crippen LogP contribution in [0.5, 0.6) is 0 Å². The van der Waals surface area contributed by atoms with Crippen molar-refractivity contribution in [3.05, 3.63) is 31.6 Å². The molecule has 2 heterocycles. The summed E-state index contributed by atoms with van der Waals surface area (Å²) in [5.74, 6) is 0. The Morgan fingerprint density at radius 3 is 3.00 bits per heavy atom. The zero-order valence-corrected chi connectivity index (χ0v) is 9.13. The quantitative estimate of drug-likeness (QED) is 0.594. The molecule has 0 aliphatic rings. The second-order valence-electron chi connectivity index (χ2n) is 2.37. The van der Waals surface area contributed by atoms with Crippen LogP contribution in [-0.4, -0.2) is 15.0 Å². The number of fused-ring (bicyclic) bond motifs is 1. The monoisotopic (exact) mass is 307 g/mol. The highest BCUT2D eigenvalue weighted by Gasteiger charge is 2.05. The first-order valence-corrected chi connectivity index (χ1v) is 4.83. The number of nitrogens with one attached hydrogen (secondary N) is 1.